The van der Waals surface area contributed by atoms with E-state index in [2.05, 4.69) is 5.32 Å². The molecule has 0 spiro atoms. The van der Waals surface area contributed by atoms with Crippen molar-refractivity contribution in [3.63, 3.8) is 0 Å². The second-order valence-corrected chi connectivity index (χ2v) is 6.33. The highest BCUT2D eigenvalue weighted by Crippen LogP contribution is 2.19. The van der Waals surface area contributed by atoms with E-state index in [0.29, 0.717) is 5.56 Å². The van der Waals surface area contributed by atoms with Gasteiger partial charge in [-0.25, -0.2) is 13.6 Å². The molecule has 3 N–H and O–H groups in total. The predicted molar refractivity (Wildman–Crippen MR) is 81.7 cm³/mol. The molecule has 0 bridgehead atoms. The van der Waals surface area contributed by atoms with E-state index in [1.54, 1.807) is 0 Å². The molecule has 110 valence electrons. The van der Waals surface area contributed by atoms with E-state index in [9.17, 15) is 13.2 Å². The van der Waals surface area contributed by atoms with Gasteiger partial charge in [-0.1, -0.05) is 12.1 Å². The Morgan fingerprint density at radius 1 is 1.05 bits per heavy atom. The SMILES string of the molecule is Cc1cccc(NC(=O)c2ccc(S(N)(=O)=O)cc2)c1C. The molecule has 0 aliphatic carbocycles. The largest absolute Gasteiger partial charge is 0.322 e. The summed E-state index contributed by atoms with van der Waals surface area (Å²) in [4.78, 5) is 12.1. The zero-order valence-corrected chi connectivity index (χ0v) is 12.6. The molecular weight excluding hydrogens is 288 g/mol. The Balaban J connectivity index is 2.23. The number of amides is 1. The van der Waals surface area contributed by atoms with Crippen molar-refractivity contribution in [2.75, 3.05) is 5.32 Å². The van der Waals surface area contributed by atoms with E-state index >= 15 is 0 Å². The van der Waals surface area contributed by atoms with Gasteiger partial charge in [0.15, 0.2) is 0 Å². The molecule has 6 heteroatoms. The summed E-state index contributed by atoms with van der Waals surface area (Å²) in [5.41, 5.74) is 3.17. The number of benzene rings is 2. The van der Waals surface area contributed by atoms with Gasteiger partial charge in [0.1, 0.15) is 0 Å². The summed E-state index contributed by atoms with van der Waals surface area (Å²) in [6, 6.07) is 11.1. The quantitative estimate of drug-likeness (QED) is 0.911. The lowest BCUT2D eigenvalue weighted by molar-refractivity contribution is 0.102. The van der Waals surface area contributed by atoms with Crippen molar-refractivity contribution < 1.29 is 13.2 Å². The number of primary sulfonamides is 1. The van der Waals surface area contributed by atoms with E-state index in [1.807, 2.05) is 32.0 Å². The standard InChI is InChI=1S/C15H16N2O3S/c1-10-4-3-5-14(11(10)2)17-15(18)12-6-8-13(9-7-12)21(16,19)20/h3-9H,1-2H3,(H,17,18)(H2,16,19,20). The van der Waals surface area contributed by atoms with Gasteiger partial charge >= 0.3 is 0 Å². The number of hydrogen-bond donors (Lipinski definition) is 2. The van der Waals surface area contributed by atoms with Gasteiger partial charge in [-0.05, 0) is 55.3 Å². The molecule has 0 radical (unpaired) electrons. The topological polar surface area (TPSA) is 89.3 Å². The van der Waals surface area contributed by atoms with Crippen molar-refractivity contribution in [2.45, 2.75) is 18.7 Å². The highest BCUT2D eigenvalue weighted by atomic mass is 32.2. The average molecular weight is 304 g/mol. The molecule has 0 atom stereocenters. The molecule has 0 unspecified atom stereocenters. The van der Waals surface area contributed by atoms with Crippen molar-refractivity contribution in [1.82, 2.24) is 0 Å². The van der Waals surface area contributed by atoms with E-state index in [4.69, 9.17) is 5.14 Å². The first kappa shape index (κ1) is 15.2. The van der Waals surface area contributed by atoms with Gasteiger partial charge < -0.3 is 5.32 Å². The molecule has 0 aromatic heterocycles. The molecule has 21 heavy (non-hydrogen) atoms. The molecule has 0 aliphatic heterocycles. The predicted octanol–water partition coefficient (Wildman–Crippen LogP) is 2.20. The summed E-state index contributed by atoms with van der Waals surface area (Å²) < 4.78 is 22.3. The Morgan fingerprint density at radius 3 is 2.24 bits per heavy atom. The fourth-order valence-corrected chi connectivity index (χ4v) is 2.39. The second kappa shape index (κ2) is 5.67. The molecule has 0 aliphatic rings. The summed E-state index contributed by atoms with van der Waals surface area (Å²) >= 11 is 0. The number of carbonyl (C=O) groups is 1. The highest BCUT2D eigenvalue weighted by Gasteiger charge is 2.11. The van der Waals surface area contributed by atoms with Crippen molar-refractivity contribution in [3.8, 4) is 0 Å². The van der Waals surface area contributed by atoms with Gasteiger partial charge in [-0.2, -0.15) is 0 Å². The molecule has 0 saturated heterocycles. The van der Waals surface area contributed by atoms with Crippen molar-refractivity contribution >= 4 is 21.6 Å². The van der Waals surface area contributed by atoms with Gasteiger partial charge in [-0.15, -0.1) is 0 Å². The third-order valence-corrected chi connectivity index (χ3v) is 4.23. The fourth-order valence-electron chi connectivity index (χ4n) is 1.88. The Labute approximate surface area is 123 Å². The third kappa shape index (κ3) is 3.48. The van der Waals surface area contributed by atoms with E-state index < -0.39 is 10.0 Å². The lowest BCUT2D eigenvalue weighted by Gasteiger charge is -2.10. The van der Waals surface area contributed by atoms with Crippen LogP contribution in [-0.4, -0.2) is 14.3 Å². The monoisotopic (exact) mass is 304 g/mol. The van der Waals surface area contributed by atoms with E-state index in [-0.39, 0.29) is 10.8 Å². The number of rotatable bonds is 3. The van der Waals surface area contributed by atoms with Crippen LogP contribution in [0.15, 0.2) is 47.4 Å². The summed E-state index contributed by atoms with van der Waals surface area (Å²) in [5, 5.41) is 7.82. The van der Waals surface area contributed by atoms with Crippen LogP contribution in [0.1, 0.15) is 21.5 Å². The third-order valence-electron chi connectivity index (χ3n) is 3.30. The van der Waals surface area contributed by atoms with Gasteiger partial charge in [0.25, 0.3) is 5.91 Å². The first-order chi connectivity index (χ1) is 9.79. The summed E-state index contributed by atoms with van der Waals surface area (Å²) in [6.45, 7) is 3.89. The molecule has 0 heterocycles. The van der Waals surface area contributed by atoms with Crippen LogP contribution in [0.5, 0.6) is 0 Å². The minimum atomic E-state index is -3.75. The van der Waals surface area contributed by atoms with Crippen LogP contribution in [0.4, 0.5) is 5.69 Å². The summed E-state index contributed by atoms with van der Waals surface area (Å²) in [6.07, 6.45) is 0. The van der Waals surface area contributed by atoms with E-state index in [0.717, 1.165) is 16.8 Å². The number of anilines is 1. The first-order valence-corrected chi connectivity index (χ1v) is 7.84. The molecule has 1 amide bonds. The van der Waals surface area contributed by atoms with Crippen molar-refractivity contribution in [2.24, 2.45) is 5.14 Å². The summed E-state index contributed by atoms with van der Waals surface area (Å²) in [7, 11) is -3.75. The zero-order valence-electron chi connectivity index (χ0n) is 11.8. The lowest BCUT2D eigenvalue weighted by atomic mass is 10.1. The second-order valence-electron chi connectivity index (χ2n) is 4.77. The van der Waals surface area contributed by atoms with Gasteiger partial charge in [0.2, 0.25) is 10.0 Å². The minimum Gasteiger partial charge on any atom is -0.322 e. The van der Waals surface area contributed by atoms with Crippen LogP contribution >= 0.6 is 0 Å². The molecule has 2 aromatic rings. The number of nitrogens with one attached hydrogen (secondary N) is 1. The van der Waals surface area contributed by atoms with Crippen LogP contribution in [0.2, 0.25) is 0 Å². The average Bonchev–Trinajstić information content (AvgIpc) is 2.43. The van der Waals surface area contributed by atoms with Crippen LogP contribution < -0.4 is 10.5 Å². The molecule has 5 nitrogen and oxygen atoms in total. The molecule has 0 saturated carbocycles. The van der Waals surface area contributed by atoms with Crippen LogP contribution in [-0.2, 0) is 10.0 Å². The smallest absolute Gasteiger partial charge is 0.255 e. The van der Waals surface area contributed by atoms with Crippen LogP contribution in [0.25, 0.3) is 0 Å². The highest BCUT2D eigenvalue weighted by molar-refractivity contribution is 7.89. The molecule has 0 fully saturated rings. The number of hydrogen-bond acceptors (Lipinski definition) is 3. The maximum Gasteiger partial charge on any atom is 0.255 e. The van der Waals surface area contributed by atoms with Crippen LogP contribution in [0.3, 0.4) is 0 Å². The molecule has 2 aromatic carbocycles. The Bertz CT molecular complexity index is 781. The Hall–Kier alpha value is -2.18. The maximum atomic E-state index is 12.1. The van der Waals surface area contributed by atoms with Gasteiger partial charge in [0.05, 0.1) is 4.90 Å². The van der Waals surface area contributed by atoms with Gasteiger partial charge in [0, 0.05) is 11.3 Å². The number of carbonyl (C=O) groups excluding carboxylic acids is 1. The molecule has 2 rings (SSSR count). The molecular formula is C15H16N2O3S. The maximum absolute atomic E-state index is 12.1. The van der Waals surface area contributed by atoms with Crippen LogP contribution in [0, 0.1) is 13.8 Å². The van der Waals surface area contributed by atoms with Crippen molar-refractivity contribution in [1.29, 1.82) is 0 Å². The van der Waals surface area contributed by atoms with E-state index in [1.165, 1.54) is 24.3 Å². The normalized spacial score (nSPS) is 11.2. The van der Waals surface area contributed by atoms with Crippen molar-refractivity contribution in [3.05, 3.63) is 59.2 Å². The minimum absolute atomic E-state index is 0.0224. The number of sulfonamides is 1. The number of nitrogens with two attached hydrogens (primary N) is 1. The van der Waals surface area contributed by atoms with Gasteiger partial charge in [-0.3, -0.25) is 4.79 Å². The first-order valence-electron chi connectivity index (χ1n) is 6.29. The number of aryl methyl sites for hydroxylation is 1. The fraction of sp³-hybridized carbons (Fsp3) is 0.133. The zero-order chi connectivity index (χ0) is 15.6. The summed E-state index contributed by atoms with van der Waals surface area (Å²) in [5.74, 6) is -0.301. The lowest BCUT2D eigenvalue weighted by Crippen LogP contribution is -2.15. The Kier molecular flexibility index (Phi) is 4.11. The Morgan fingerprint density at radius 2 is 1.67 bits per heavy atom.